The fourth-order valence-corrected chi connectivity index (χ4v) is 2.56. The lowest BCUT2D eigenvalue weighted by Crippen LogP contribution is -2.21. The maximum Gasteiger partial charge on any atom is 0.226 e. The highest BCUT2D eigenvalue weighted by molar-refractivity contribution is 6.29. The van der Waals surface area contributed by atoms with Crippen LogP contribution in [0.25, 0.3) is 0 Å². The van der Waals surface area contributed by atoms with Crippen LogP contribution >= 0.6 is 11.6 Å². The molecule has 0 spiro atoms. The van der Waals surface area contributed by atoms with E-state index in [0.717, 1.165) is 5.56 Å². The molecule has 0 bridgehead atoms. The average Bonchev–Trinajstić information content (AvgIpc) is 2.89. The third-order valence-corrected chi connectivity index (χ3v) is 3.46. The molecule has 3 rings (SSSR count). The lowest BCUT2D eigenvalue weighted by molar-refractivity contribution is -0.112. The number of ether oxygens (including phenoxy) is 1. The number of halogens is 1. The Labute approximate surface area is 131 Å². The van der Waals surface area contributed by atoms with Gasteiger partial charge in [0.25, 0.3) is 0 Å². The summed E-state index contributed by atoms with van der Waals surface area (Å²) in [5, 5.41) is 3.14. The molecule has 1 aliphatic heterocycles. The van der Waals surface area contributed by atoms with Crippen LogP contribution in [-0.4, -0.2) is 28.3 Å². The SMILES string of the molecule is Cc1nc(Cl)cc(C(=O)c2cc(C)c3c(c2)OC(C=O)N3)n1. The van der Waals surface area contributed by atoms with E-state index in [1.807, 2.05) is 6.92 Å². The highest BCUT2D eigenvalue weighted by Crippen LogP contribution is 2.36. The summed E-state index contributed by atoms with van der Waals surface area (Å²) in [5.74, 6) is 0.612. The van der Waals surface area contributed by atoms with Crippen LogP contribution in [0.4, 0.5) is 5.69 Å². The molecule has 0 saturated carbocycles. The molecule has 1 N–H and O–H groups in total. The minimum absolute atomic E-state index is 0.215. The van der Waals surface area contributed by atoms with Crippen molar-refractivity contribution in [2.75, 3.05) is 5.32 Å². The van der Waals surface area contributed by atoms with Gasteiger partial charge in [-0.2, -0.15) is 0 Å². The number of benzene rings is 1. The van der Waals surface area contributed by atoms with Gasteiger partial charge in [-0.1, -0.05) is 11.6 Å². The number of carbonyl (C=O) groups excluding carboxylic acids is 2. The second-order valence-electron chi connectivity index (χ2n) is 4.94. The highest BCUT2D eigenvalue weighted by Gasteiger charge is 2.25. The fraction of sp³-hybridized carbons (Fsp3) is 0.200. The van der Waals surface area contributed by atoms with Gasteiger partial charge >= 0.3 is 0 Å². The number of carbonyl (C=O) groups is 2. The topological polar surface area (TPSA) is 81.2 Å². The number of ketones is 1. The first-order chi connectivity index (χ1) is 10.5. The molecule has 1 unspecified atom stereocenters. The van der Waals surface area contributed by atoms with Gasteiger partial charge in [0.15, 0.2) is 6.29 Å². The Hall–Kier alpha value is -2.47. The van der Waals surface area contributed by atoms with Crippen molar-refractivity contribution in [1.82, 2.24) is 9.97 Å². The number of aromatic nitrogens is 2. The molecule has 22 heavy (non-hydrogen) atoms. The predicted molar refractivity (Wildman–Crippen MR) is 80.5 cm³/mol. The molecule has 7 heteroatoms. The van der Waals surface area contributed by atoms with Crippen molar-refractivity contribution >= 4 is 29.4 Å². The van der Waals surface area contributed by atoms with Crippen molar-refractivity contribution in [3.63, 3.8) is 0 Å². The molecule has 2 heterocycles. The second kappa shape index (κ2) is 5.38. The number of anilines is 1. The number of hydrogen-bond acceptors (Lipinski definition) is 6. The zero-order valence-electron chi connectivity index (χ0n) is 11.9. The molecule has 0 amide bonds. The number of nitrogens with one attached hydrogen (secondary N) is 1. The normalized spacial score (nSPS) is 15.7. The average molecular weight is 318 g/mol. The van der Waals surface area contributed by atoms with Gasteiger partial charge in [-0.05, 0) is 31.5 Å². The van der Waals surface area contributed by atoms with Gasteiger partial charge in [0.05, 0.1) is 5.69 Å². The van der Waals surface area contributed by atoms with Crippen molar-refractivity contribution in [2.45, 2.75) is 20.1 Å². The lowest BCUT2D eigenvalue weighted by atomic mass is 10.0. The standard InChI is InChI=1S/C15H12ClN3O3/c1-7-3-9(4-11-14(7)19-13(6-20)22-11)15(21)10-5-12(16)18-8(2)17-10/h3-6,13,19H,1-2H3. The Morgan fingerprint density at radius 2 is 2.09 bits per heavy atom. The third kappa shape index (κ3) is 2.53. The quantitative estimate of drug-likeness (QED) is 0.531. The van der Waals surface area contributed by atoms with Crippen molar-refractivity contribution < 1.29 is 14.3 Å². The fourth-order valence-electron chi connectivity index (χ4n) is 2.33. The molecule has 0 aliphatic carbocycles. The van der Waals surface area contributed by atoms with Crippen LogP contribution in [0, 0.1) is 13.8 Å². The molecule has 0 saturated heterocycles. The number of rotatable bonds is 3. The van der Waals surface area contributed by atoms with Crippen LogP contribution in [0.3, 0.4) is 0 Å². The summed E-state index contributed by atoms with van der Waals surface area (Å²) >= 11 is 5.87. The van der Waals surface area contributed by atoms with Crippen LogP contribution < -0.4 is 10.1 Å². The van der Waals surface area contributed by atoms with Gasteiger partial charge in [0.2, 0.25) is 12.0 Å². The highest BCUT2D eigenvalue weighted by atomic mass is 35.5. The van der Waals surface area contributed by atoms with E-state index in [9.17, 15) is 9.59 Å². The van der Waals surface area contributed by atoms with Crippen LogP contribution in [0.1, 0.15) is 27.4 Å². The lowest BCUT2D eigenvalue weighted by Gasteiger charge is -2.07. The predicted octanol–water partition coefficient (Wildman–Crippen LogP) is 2.31. The van der Waals surface area contributed by atoms with Gasteiger partial charge in [0.1, 0.15) is 22.4 Å². The monoisotopic (exact) mass is 317 g/mol. The summed E-state index contributed by atoms with van der Waals surface area (Å²) in [6.45, 7) is 3.50. The van der Waals surface area contributed by atoms with E-state index in [-0.39, 0.29) is 16.6 Å². The number of hydrogen-bond donors (Lipinski definition) is 1. The summed E-state index contributed by atoms with van der Waals surface area (Å²) in [4.78, 5) is 31.4. The summed E-state index contributed by atoms with van der Waals surface area (Å²) in [7, 11) is 0. The van der Waals surface area contributed by atoms with E-state index >= 15 is 0 Å². The number of fused-ring (bicyclic) bond motifs is 1. The van der Waals surface area contributed by atoms with E-state index in [0.29, 0.717) is 29.1 Å². The van der Waals surface area contributed by atoms with Crippen LogP contribution in [0.2, 0.25) is 5.15 Å². The molecular weight excluding hydrogens is 306 g/mol. The van der Waals surface area contributed by atoms with Crippen molar-refractivity contribution in [3.8, 4) is 5.75 Å². The summed E-state index contributed by atoms with van der Waals surface area (Å²) in [6, 6.07) is 4.73. The Bertz CT molecular complexity index is 772. The van der Waals surface area contributed by atoms with E-state index in [2.05, 4.69) is 15.3 Å². The van der Waals surface area contributed by atoms with Crippen molar-refractivity contribution in [2.24, 2.45) is 0 Å². The minimum atomic E-state index is -0.727. The summed E-state index contributed by atoms with van der Waals surface area (Å²) in [6.07, 6.45) is -0.0658. The molecule has 1 atom stereocenters. The van der Waals surface area contributed by atoms with Crippen LogP contribution in [0.15, 0.2) is 18.2 Å². The first-order valence-electron chi connectivity index (χ1n) is 6.57. The van der Waals surface area contributed by atoms with Gasteiger partial charge in [-0.25, -0.2) is 9.97 Å². The molecule has 6 nitrogen and oxygen atoms in total. The molecule has 112 valence electrons. The first-order valence-corrected chi connectivity index (χ1v) is 6.95. The maximum atomic E-state index is 12.6. The molecular formula is C15H12ClN3O3. The minimum Gasteiger partial charge on any atom is -0.461 e. The summed E-state index contributed by atoms with van der Waals surface area (Å²) in [5.41, 5.74) is 2.15. The van der Waals surface area contributed by atoms with Crippen LogP contribution in [-0.2, 0) is 4.79 Å². The van der Waals surface area contributed by atoms with E-state index in [4.69, 9.17) is 16.3 Å². The smallest absolute Gasteiger partial charge is 0.226 e. The van der Waals surface area contributed by atoms with Gasteiger partial charge < -0.3 is 10.1 Å². The largest absolute Gasteiger partial charge is 0.461 e. The molecule has 1 aromatic carbocycles. The van der Waals surface area contributed by atoms with Crippen molar-refractivity contribution in [3.05, 3.63) is 46.0 Å². The zero-order valence-corrected chi connectivity index (χ0v) is 12.6. The maximum absolute atomic E-state index is 12.6. The van der Waals surface area contributed by atoms with Gasteiger partial charge in [-0.15, -0.1) is 0 Å². The summed E-state index contributed by atoms with van der Waals surface area (Å²) < 4.78 is 5.42. The van der Waals surface area contributed by atoms with Gasteiger partial charge in [0, 0.05) is 11.6 Å². The number of aldehydes is 1. The number of nitrogens with zero attached hydrogens (tertiary/aromatic N) is 2. The van der Waals surface area contributed by atoms with E-state index in [1.54, 1.807) is 19.1 Å². The Kier molecular flexibility index (Phi) is 3.54. The second-order valence-corrected chi connectivity index (χ2v) is 5.32. The van der Waals surface area contributed by atoms with E-state index < -0.39 is 6.23 Å². The molecule has 1 aliphatic rings. The Balaban J connectivity index is 2.01. The molecule has 1 aromatic heterocycles. The third-order valence-electron chi connectivity index (χ3n) is 3.26. The molecule has 0 fully saturated rings. The van der Waals surface area contributed by atoms with Crippen molar-refractivity contribution in [1.29, 1.82) is 0 Å². The zero-order chi connectivity index (χ0) is 15.9. The van der Waals surface area contributed by atoms with E-state index in [1.165, 1.54) is 6.07 Å². The Morgan fingerprint density at radius 1 is 1.32 bits per heavy atom. The van der Waals surface area contributed by atoms with Crippen LogP contribution in [0.5, 0.6) is 5.75 Å². The molecule has 0 radical (unpaired) electrons. The first kappa shape index (κ1) is 14.5. The number of aryl methyl sites for hydroxylation is 2. The molecule has 2 aromatic rings. The van der Waals surface area contributed by atoms with Gasteiger partial charge in [-0.3, -0.25) is 9.59 Å². The Morgan fingerprint density at radius 3 is 2.77 bits per heavy atom.